The minimum atomic E-state index is -0.785. The summed E-state index contributed by atoms with van der Waals surface area (Å²) in [7, 11) is 0. The molecule has 0 aromatic rings. The zero-order valence-corrected chi connectivity index (χ0v) is 7.49. The number of nitrogens with zero attached hydrogens (tertiary/aromatic N) is 1. The van der Waals surface area contributed by atoms with Crippen LogP contribution in [-0.2, 0) is 19.1 Å². The summed E-state index contributed by atoms with van der Waals surface area (Å²) in [5.74, 6) is -2.11. The van der Waals surface area contributed by atoms with E-state index in [9.17, 15) is 14.4 Å². The molecule has 0 aromatic heterocycles. The van der Waals surface area contributed by atoms with Crippen LogP contribution >= 0.6 is 0 Å². The van der Waals surface area contributed by atoms with Crippen LogP contribution in [0.1, 0.15) is 6.92 Å². The van der Waals surface area contributed by atoms with Crippen molar-refractivity contribution < 1.29 is 19.1 Å². The third kappa shape index (κ3) is 2.54. The van der Waals surface area contributed by atoms with E-state index in [0.29, 0.717) is 0 Å². The summed E-state index contributed by atoms with van der Waals surface area (Å²) in [6.45, 7) is 1.70. The molecular weight excluding hydrogens is 190 g/mol. The predicted octanol–water partition coefficient (Wildman–Crippen LogP) is -1.85. The molecule has 0 atom stereocenters. The molecule has 2 N–H and O–H groups in total. The van der Waals surface area contributed by atoms with Crippen LogP contribution in [0.3, 0.4) is 0 Å². The molecule has 76 valence electrons. The second-order valence-electron chi connectivity index (χ2n) is 2.38. The summed E-state index contributed by atoms with van der Waals surface area (Å²) in [6.07, 6.45) is 0. The minimum absolute atomic E-state index is 0.0203. The lowest BCUT2D eigenvalue weighted by molar-refractivity contribution is -0.141. The maximum absolute atomic E-state index is 10.8. The van der Waals surface area contributed by atoms with Crippen LogP contribution in [0, 0.1) is 0 Å². The van der Waals surface area contributed by atoms with Crippen molar-refractivity contribution in [2.75, 3.05) is 13.2 Å². The SMILES string of the molecule is CCOC(=O)CN=C1NC(=O)C(=O)N1. The molecule has 0 aliphatic carbocycles. The van der Waals surface area contributed by atoms with Gasteiger partial charge in [-0.25, -0.2) is 4.99 Å². The van der Waals surface area contributed by atoms with Crippen molar-refractivity contribution in [2.24, 2.45) is 4.99 Å². The fourth-order valence-electron chi connectivity index (χ4n) is 0.789. The number of ether oxygens (including phenoxy) is 1. The zero-order chi connectivity index (χ0) is 10.6. The first-order chi connectivity index (χ1) is 6.63. The molecule has 1 aliphatic rings. The predicted molar refractivity (Wildman–Crippen MR) is 45.2 cm³/mol. The second-order valence-corrected chi connectivity index (χ2v) is 2.38. The van der Waals surface area contributed by atoms with E-state index >= 15 is 0 Å². The Kier molecular flexibility index (Phi) is 3.16. The van der Waals surface area contributed by atoms with Crippen molar-refractivity contribution in [1.29, 1.82) is 0 Å². The van der Waals surface area contributed by atoms with Crippen LogP contribution in [0.15, 0.2) is 4.99 Å². The van der Waals surface area contributed by atoms with Gasteiger partial charge < -0.3 is 4.74 Å². The van der Waals surface area contributed by atoms with Gasteiger partial charge in [0.15, 0.2) is 0 Å². The van der Waals surface area contributed by atoms with Crippen LogP contribution in [0.2, 0.25) is 0 Å². The number of aliphatic imine (C=N–C) groups is 1. The quantitative estimate of drug-likeness (QED) is 0.412. The van der Waals surface area contributed by atoms with Gasteiger partial charge in [0.1, 0.15) is 6.54 Å². The second kappa shape index (κ2) is 4.35. The molecule has 7 nitrogen and oxygen atoms in total. The Morgan fingerprint density at radius 2 is 1.93 bits per heavy atom. The number of amides is 2. The molecule has 1 heterocycles. The number of hydrogen-bond acceptors (Lipinski definition) is 5. The lowest BCUT2D eigenvalue weighted by atomic mass is 10.6. The Balaban J connectivity index is 2.43. The molecule has 0 saturated carbocycles. The van der Waals surface area contributed by atoms with Crippen molar-refractivity contribution in [1.82, 2.24) is 10.6 Å². The van der Waals surface area contributed by atoms with E-state index in [2.05, 4.69) is 20.4 Å². The lowest BCUT2D eigenvalue weighted by Crippen LogP contribution is -2.27. The third-order valence-electron chi connectivity index (χ3n) is 1.34. The smallest absolute Gasteiger partial charge is 0.327 e. The number of esters is 1. The highest BCUT2D eigenvalue weighted by Gasteiger charge is 2.25. The van der Waals surface area contributed by atoms with Gasteiger partial charge >= 0.3 is 17.8 Å². The third-order valence-corrected chi connectivity index (χ3v) is 1.34. The van der Waals surface area contributed by atoms with Crippen LogP contribution in [-0.4, -0.2) is 36.9 Å². The number of carbonyl (C=O) groups excluding carboxylic acids is 3. The number of carbonyl (C=O) groups is 3. The molecule has 1 fully saturated rings. The maximum atomic E-state index is 10.8. The molecule has 0 radical (unpaired) electrons. The molecule has 0 unspecified atom stereocenters. The van der Waals surface area contributed by atoms with Crippen LogP contribution in [0.4, 0.5) is 0 Å². The minimum Gasteiger partial charge on any atom is -0.465 e. The average Bonchev–Trinajstić information content (AvgIpc) is 2.44. The lowest BCUT2D eigenvalue weighted by Gasteiger charge is -1.98. The Morgan fingerprint density at radius 1 is 1.36 bits per heavy atom. The van der Waals surface area contributed by atoms with E-state index in [1.54, 1.807) is 6.92 Å². The first-order valence-corrected chi connectivity index (χ1v) is 3.96. The Hall–Kier alpha value is -1.92. The van der Waals surface area contributed by atoms with Gasteiger partial charge in [-0.1, -0.05) is 0 Å². The first kappa shape index (κ1) is 10.2. The highest BCUT2D eigenvalue weighted by atomic mass is 16.5. The Labute approximate surface area is 79.5 Å². The fraction of sp³-hybridized carbons (Fsp3) is 0.429. The molecule has 14 heavy (non-hydrogen) atoms. The largest absolute Gasteiger partial charge is 0.465 e. The van der Waals surface area contributed by atoms with Gasteiger partial charge in [-0.15, -0.1) is 0 Å². The first-order valence-electron chi connectivity index (χ1n) is 3.96. The van der Waals surface area contributed by atoms with Gasteiger partial charge in [0, 0.05) is 0 Å². The van der Waals surface area contributed by atoms with Crippen LogP contribution in [0.25, 0.3) is 0 Å². The normalized spacial score (nSPS) is 14.8. The van der Waals surface area contributed by atoms with Gasteiger partial charge in [0.05, 0.1) is 6.61 Å². The van der Waals surface area contributed by atoms with Crippen molar-refractivity contribution in [2.45, 2.75) is 6.92 Å². The number of guanidine groups is 1. The summed E-state index contributed by atoms with van der Waals surface area (Å²) in [4.78, 5) is 35.7. The summed E-state index contributed by atoms with van der Waals surface area (Å²) in [5.41, 5.74) is 0. The summed E-state index contributed by atoms with van der Waals surface area (Å²) in [5, 5.41) is 4.29. The number of nitrogens with one attached hydrogen (secondary N) is 2. The summed E-state index contributed by atoms with van der Waals surface area (Å²) in [6, 6.07) is 0. The van der Waals surface area contributed by atoms with Crippen molar-refractivity contribution in [3.8, 4) is 0 Å². The van der Waals surface area contributed by atoms with E-state index in [1.165, 1.54) is 0 Å². The fourth-order valence-corrected chi connectivity index (χ4v) is 0.789. The topological polar surface area (TPSA) is 96.9 Å². The van der Waals surface area contributed by atoms with Gasteiger partial charge in [0.25, 0.3) is 0 Å². The molecule has 2 amide bonds. The van der Waals surface area contributed by atoms with E-state index in [0.717, 1.165) is 0 Å². The van der Waals surface area contributed by atoms with Gasteiger partial charge in [-0.2, -0.15) is 0 Å². The molecule has 0 spiro atoms. The standard InChI is InChI=1S/C7H9N3O4/c1-2-14-4(11)3-8-7-9-5(12)6(13)10-7/h2-3H2,1H3,(H2,8,9,10,12,13). The van der Waals surface area contributed by atoms with Gasteiger partial charge in [-0.05, 0) is 6.92 Å². The number of hydrogen-bond donors (Lipinski definition) is 2. The number of rotatable bonds is 3. The molecule has 1 saturated heterocycles. The van der Waals surface area contributed by atoms with Gasteiger partial charge in [-0.3, -0.25) is 25.0 Å². The van der Waals surface area contributed by atoms with E-state index in [-0.39, 0.29) is 19.1 Å². The molecule has 0 bridgehead atoms. The van der Waals surface area contributed by atoms with E-state index < -0.39 is 17.8 Å². The Bertz CT molecular complexity index is 292. The maximum Gasteiger partial charge on any atom is 0.327 e. The molecular formula is C7H9N3O4. The summed E-state index contributed by atoms with van der Waals surface area (Å²) >= 11 is 0. The molecule has 0 aromatic carbocycles. The molecule has 1 aliphatic heterocycles. The van der Waals surface area contributed by atoms with E-state index in [4.69, 9.17) is 0 Å². The van der Waals surface area contributed by atoms with Crippen LogP contribution < -0.4 is 10.6 Å². The van der Waals surface area contributed by atoms with Crippen LogP contribution in [0.5, 0.6) is 0 Å². The monoisotopic (exact) mass is 199 g/mol. The van der Waals surface area contributed by atoms with Crippen molar-refractivity contribution >= 4 is 23.7 Å². The van der Waals surface area contributed by atoms with Gasteiger partial charge in [0.2, 0.25) is 5.96 Å². The van der Waals surface area contributed by atoms with E-state index in [1.807, 2.05) is 0 Å². The van der Waals surface area contributed by atoms with Crippen molar-refractivity contribution in [3.63, 3.8) is 0 Å². The van der Waals surface area contributed by atoms with Crippen molar-refractivity contribution in [3.05, 3.63) is 0 Å². The highest BCUT2D eigenvalue weighted by Crippen LogP contribution is 1.85. The average molecular weight is 199 g/mol. The Morgan fingerprint density at radius 3 is 2.43 bits per heavy atom. The highest BCUT2D eigenvalue weighted by molar-refractivity contribution is 6.45. The molecule has 1 rings (SSSR count). The zero-order valence-electron chi connectivity index (χ0n) is 7.49. The summed E-state index contributed by atoms with van der Waals surface area (Å²) < 4.78 is 4.58. The molecule has 7 heteroatoms.